The third kappa shape index (κ3) is 3.16. The van der Waals surface area contributed by atoms with Crippen LogP contribution in [0.1, 0.15) is 12.5 Å². The molecular weight excluding hydrogens is 314 g/mol. The first-order valence-electron chi connectivity index (χ1n) is 5.92. The van der Waals surface area contributed by atoms with Gasteiger partial charge >= 0.3 is 0 Å². The summed E-state index contributed by atoms with van der Waals surface area (Å²) in [4.78, 5) is 4.04. The van der Waals surface area contributed by atoms with Gasteiger partial charge in [0.2, 0.25) is 0 Å². The van der Waals surface area contributed by atoms with Crippen LogP contribution >= 0.6 is 15.9 Å². The minimum atomic E-state index is -0.609. The molecule has 0 saturated heterocycles. The van der Waals surface area contributed by atoms with Gasteiger partial charge in [-0.1, -0.05) is 6.92 Å². The standard InChI is InChI=1S/C14H13BrF2N2/c1-2-18-6-9-5-10(8-19-7-9)13-12(16)4-3-11(15)14(13)17/h3-5,7-8,18H,2,6H2,1H3. The van der Waals surface area contributed by atoms with Crippen molar-refractivity contribution >= 4 is 15.9 Å². The fourth-order valence-electron chi connectivity index (χ4n) is 1.78. The predicted octanol–water partition coefficient (Wildman–Crippen LogP) is 3.90. The lowest BCUT2D eigenvalue weighted by molar-refractivity contribution is 0.585. The van der Waals surface area contributed by atoms with Crippen LogP contribution in [0.2, 0.25) is 0 Å². The Labute approximate surface area is 119 Å². The molecule has 0 fully saturated rings. The van der Waals surface area contributed by atoms with E-state index in [0.717, 1.165) is 12.1 Å². The Bertz CT molecular complexity index is 588. The van der Waals surface area contributed by atoms with Gasteiger partial charge in [0.05, 0.1) is 10.0 Å². The Kier molecular flexibility index (Phi) is 4.61. The maximum atomic E-state index is 14.0. The Morgan fingerprint density at radius 2 is 2.05 bits per heavy atom. The fourth-order valence-corrected chi connectivity index (χ4v) is 2.11. The summed E-state index contributed by atoms with van der Waals surface area (Å²) in [6.07, 6.45) is 3.14. The van der Waals surface area contributed by atoms with E-state index in [-0.39, 0.29) is 10.0 Å². The summed E-state index contributed by atoms with van der Waals surface area (Å²) in [5.41, 5.74) is 1.27. The molecule has 2 aromatic rings. The van der Waals surface area contributed by atoms with Crippen LogP contribution in [0.15, 0.2) is 35.1 Å². The van der Waals surface area contributed by atoms with Gasteiger partial charge in [0.15, 0.2) is 0 Å². The Morgan fingerprint density at radius 1 is 1.26 bits per heavy atom. The second kappa shape index (κ2) is 6.21. The van der Waals surface area contributed by atoms with Crippen LogP contribution < -0.4 is 5.32 Å². The SMILES string of the molecule is CCNCc1cncc(-c2c(F)ccc(Br)c2F)c1. The van der Waals surface area contributed by atoms with Crippen molar-refractivity contribution in [3.63, 3.8) is 0 Å². The Balaban J connectivity index is 2.44. The van der Waals surface area contributed by atoms with Gasteiger partial charge < -0.3 is 5.32 Å². The number of hydrogen-bond acceptors (Lipinski definition) is 2. The summed E-state index contributed by atoms with van der Waals surface area (Å²) in [5.74, 6) is -1.20. The summed E-state index contributed by atoms with van der Waals surface area (Å²) in [7, 11) is 0. The molecule has 1 aromatic carbocycles. The van der Waals surface area contributed by atoms with Crippen LogP contribution in [-0.2, 0) is 6.54 Å². The first-order valence-corrected chi connectivity index (χ1v) is 6.71. The highest BCUT2D eigenvalue weighted by Crippen LogP contribution is 2.30. The number of halogens is 3. The molecule has 19 heavy (non-hydrogen) atoms. The summed E-state index contributed by atoms with van der Waals surface area (Å²) in [6.45, 7) is 3.43. The van der Waals surface area contributed by atoms with Gasteiger partial charge in [0.25, 0.3) is 0 Å². The van der Waals surface area contributed by atoms with Crippen LogP contribution in [0.3, 0.4) is 0 Å². The Morgan fingerprint density at radius 3 is 2.79 bits per heavy atom. The molecule has 0 saturated carbocycles. The Hall–Kier alpha value is -1.33. The topological polar surface area (TPSA) is 24.9 Å². The van der Waals surface area contributed by atoms with Gasteiger partial charge in [0, 0.05) is 24.5 Å². The number of nitrogens with one attached hydrogen (secondary N) is 1. The molecule has 0 spiro atoms. The lowest BCUT2D eigenvalue weighted by Gasteiger charge is -2.08. The van der Waals surface area contributed by atoms with Crippen LogP contribution in [0.5, 0.6) is 0 Å². The van der Waals surface area contributed by atoms with Crippen LogP contribution in [0.25, 0.3) is 11.1 Å². The van der Waals surface area contributed by atoms with Crippen molar-refractivity contribution in [1.82, 2.24) is 10.3 Å². The van der Waals surface area contributed by atoms with E-state index < -0.39 is 11.6 Å². The number of nitrogens with zero attached hydrogens (tertiary/aromatic N) is 1. The molecule has 1 heterocycles. The zero-order chi connectivity index (χ0) is 13.8. The van der Waals surface area contributed by atoms with E-state index >= 15 is 0 Å². The quantitative estimate of drug-likeness (QED) is 0.862. The van der Waals surface area contributed by atoms with E-state index in [0.29, 0.717) is 12.1 Å². The van der Waals surface area contributed by atoms with Crippen molar-refractivity contribution in [1.29, 1.82) is 0 Å². The molecule has 0 aliphatic rings. The second-order valence-electron chi connectivity index (χ2n) is 4.08. The minimum Gasteiger partial charge on any atom is -0.313 e. The highest BCUT2D eigenvalue weighted by Gasteiger charge is 2.14. The zero-order valence-electron chi connectivity index (χ0n) is 10.4. The molecule has 1 aromatic heterocycles. The molecule has 0 aliphatic heterocycles. The van der Waals surface area contributed by atoms with Gasteiger partial charge in [-0.25, -0.2) is 8.78 Å². The molecule has 0 atom stereocenters. The summed E-state index contributed by atoms with van der Waals surface area (Å²) in [5, 5.41) is 3.15. The normalized spacial score (nSPS) is 10.7. The molecule has 0 radical (unpaired) electrons. The lowest BCUT2D eigenvalue weighted by Crippen LogP contribution is -2.11. The number of aromatic nitrogens is 1. The van der Waals surface area contributed by atoms with Gasteiger partial charge in [-0.2, -0.15) is 0 Å². The zero-order valence-corrected chi connectivity index (χ0v) is 12.0. The first-order chi connectivity index (χ1) is 9.13. The molecule has 0 bridgehead atoms. The number of hydrogen-bond donors (Lipinski definition) is 1. The minimum absolute atomic E-state index is 0.0553. The molecule has 2 nitrogen and oxygen atoms in total. The monoisotopic (exact) mass is 326 g/mol. The summed E-state index contributed by atoms with van der Waals surface area (Å²) in [6, 6.07) is 4.33. The maximum Gasteiger partial charge on any atom is 0.148 e. The van der Waals surface area contributed by atoms with Crippen molar-refractivity contribution in [2.45, 2.75) is 13.5 Å². The van der Waals surface area contributed by atoms with E-state index in [2.05, 4.69) is 26.2 Å². The van der Waals surface area contributed by atoms with Crippen LogP contribution in [-0.4, -0.2) is 11.5 Å². The van der Waals surface area contributed by atoms with Crippen molar-refractivity contribution in [2.24, 2.45) is 0 Å². The van der Waals surface area contributed by atoms with Crippen LogP contribution in [0.4, 0.5) is 8.78 Å². The molecule has 2 rings (SSSR count). The van der Waals surface area contributed by atoms with E-state index in [4.69, 9.17) is 0 Å². The highest BCUT2D eigenvalue weighted by atomic mass is 79.9. The molecule has 100 valence electrons. The largest absolute Gasteiger partial charge is 0.313 e. The third-order valence-electron chi connectivity index (χ3n) is 2.71. The van der Waals surface area contributed by atoms with Gasteiger partial charge in [-0.3, -0.25) is 4.98 Å². The van der Waals surface area contributed by atoms with Gasteiger partial charge in [-0.15, -0.1) is 0 Å². The van der Waals surface area contributed by atoms with Crippen molar-refractivity contribution in [2.75, 3.05) is 6.54 Å². The first kappa shape index (κ1) is 14.1. The van der Waals surface area contributed by atoms with Crippen molar-refractivity contribution in [3.05, 3.63) is 52.3 Å². The fraction of sp³-hybridized carbons (Fsp3) is 0.214. The molecule has 1 N–H and O–H groups in total. The van der Waals surface area contributed by atoms with Crippen LogP contribution in [0, 0.1) is 11.6 Å². The van der Waals surface area contributed by atoms with E-state index in [1.54, 1.807) is 12.3 Å². The molecular formula is C14H13BrF2N2. The molecule has 0 aliphatic carbocycles. The summed E-state index contributed by atoms with van der Waals surface area (Å²) < 4.78 is 28.0. The summed E-state index contributed by atoms with van der Waals surface area (Å²) >= 11 is 3.06. The molecule has 5 heteroatoms. The number of rotatable bonds is 4. The second-order valence-corrected chi connectivity index (χ2v) is 4.93. The number of pyridine rings is 1. The van der Waals surface area contributed by atoms with Gasteiger partial charge in [-0.05, 0) is 46.2 Å². The molecule has 0 unspecified atom stereocenters. The van der Waals surface area contributed by atoms with Crippen molar-refractivity contribution in [3.8, 4) is 11.1 Å². The van der Waals surface area contributed by atoms with E-state index in [1.807, 2.05) is 6.92 Å². The highest BCUT2D eigenvalue weighted by molar-refractivity contribution is 9.10. The third-order valence-corrected chi connectivity index (χ3v) is 3.32. The van der Waals surface area contributed by atoms with E-state index in [1.165, 1.54) is 18.3 Å². The smallest absolute Gasteiger partial charge is 0.148 e. The average Bonchev–Trinajstić information content (AvgIpc) is 2.42. The molecule has 0 amide bonds. The maximum absolute atomic E-state index is 14.0. The van der Waals surface area contributed by atoms with Gasteiger partial charge in [0.1, 0.15) is 11.6 Å². The average molecular weight is 327 g/mol. The van der Waals surface area contributed by atoms with Crippen molar-refractivity contribution < 1.29 is 8.78 Å². The number of benzene rings is 1. The predicted molar refractivity (Wildman–Crippen MR) is 74.7 cm³/mol. The lowest BCUT2D eigenvalue weighted by atomic mass is 10.0. The van der Waals surface area contributed by atoms with E-state index in [9.17, 15) is 8.78 Å².